The summed E-state index contributed by atoms with van der Waals surface area (Å²) < 4.78 is 0. The number of nitrogens with one attached hydrogen (secondary N) is 2. The zero-order valence-corrected chi connectivity index (χ0v) is 20.5. The Hall–Kier alpha value is -2.70. The van der Waals surface area contributed by atoms with Crippen molar-refractivity contribution in [3.05, 3.63) is 59.9 Å². The first-order valence-corrected chi connectivity index (χ1v) is 13.5. The van der Waals surface area contributed by atoms with Crippen molar-refractivity contribution in [2.75, 3.05) is 13.6 Å². The van der Waals surface area contributed by atoms with Crippen molar-refractivity contribution in [2.24, 2.45) is 0 Å². The van der Waals surface area contributed by atoms with Crippen LogP contribution in [0.15, 0.2) is 43.0 Å². The second-order valence-electron chi connectivity index (χ2n) is 10.5. The van der Waals surface area contributed by atoms with Crippen molar-refractivity contribution < 1.29 is 0 Å². The van der Waals surface area contributed by atoms with Crippen LogP contribution in [-0.4, -0.2) is 38.4 Å². The fourth-order valence-corrected chi connectivity index (χ4v) is 8.26. The molecule has 0 bridgehead atoms. The number of rotatable bonds is 4. The Morgan fingerprint density at radius 1 is 0.971 bits per heavy atom. The Morgan fingerprint density at radius 3 is 2.53 bits per heavy atom. The van der Waals surface area contributed by atoms with E-state index in [0.29, 0.717) is 11.5 Å². The van der Waals surface area contributed by atoms with Gasteiger partial charge in [-0.15, -0.1) is 11.3 Å². The molecule has 5 nitrogen and oxygen atoms in total. The SMILES string of the molecule is CN1CCCC1c1ncc(-c2sc(-c3ccc(-c4cnc[nH]4)cc3)c3c2CCC32CCCC2)[nH]1. The second-order valence-corrected chi connectivity index (χ2v) is 11.5. The molecule has 34 heavy (non-hydrogen) atoms. The van der Waals surface area contributed by atoms with Gasteiger partial charge in [0.25, 0.3) is 0 Å². The molecule has 2 aliphatic carbocycles. The van der Waals surface area contributed by atoms with E-state index in [0.717, 1.165) is 18.1 Å². The number of imidazole rings is 2. The third-order valence-corrected chi connectivity index (χ3v) is 9.90. The summed E-state index contributed by atoms with van der Waals surface area (Å²) in [5.41, 5.74) is 8.45. The topological polar surface area (TPSA) is 60.6 Å². The summed E-state index contributed by atoms with van der Waals surface area (Å²) in [5, 5.41) is 0. The van der Waals surface area contributed by atoms with Gasteiger partial charge in [-0.05, 0) is 79.8 Å². The number of aromatic nitrogens is 4. The van der Waals surface area contributed by atoms with Gasteiger partial charge in [0.1, 0.15) is 5.82 Å². The number of aromatic amines is 2. The molecule has 1 saturated heterocycles. The summed E-state index contributed by atoms with van der Waals surface area (Å²) in [6, 6.07) is 9.50. The molecule has 3 aliphatic rings. The van der Waals surface area contributed by atoms with Crippen LogP contribution in [-0.2, 0) is 11.8 Å². The number of thiophene rings is 1. The van der Waals surface area contributed by atoms with Gasteiger partial charge in [0.05, 0.1) is 41.0 Å². The van der Waals surface area contributed by atoms with E-state index in [1.54, 1.807) is 17.5 Å². The van der Waals surface area contributed by atoms with E-state index in [2.05, 4.69) is 57.4 Å². The molecule has 4 heterocycles. The van der Waals surface area contributed by atoms with E-state index in [4.69, 9.17) is 4.98 Å². The van der Waals surface area contributed by atoms with Crippen molar-refractivity contribution >= 4 is 11.3 Å². The number of hydrogen-bond acceptors (Lipinski definition) is 4. The summed E-state index contributed by atoms with van der Waals surface area (Å²) in [5.74, 6) is 1.14. The van der Waals surface area contributed by atoms with Gasteiger partial charge in [0, 0.05) is 4.88 Å². The molecule has 1 unspecified atom stereocenters. The van der Waals surface area contributed by atoms with E-state index in [9.17, 15) is 0 Å². The van der Waals surface area contributed by atoms with Crippen LogP contribution in [0, 0.1) is 0 Å². The molecule has 4 aromatic rings. The van der Waals surface area contributed by atoms with Gasteiger partial charge in [-0.2, -0.15) is 0 Å². The maximum atomic E-state index is 4.86. The van der Waals surface area contributed by atoms with Gasteiger partial charge in [-0.3, -0.25) is 4.90 Å². The second kappa shape index (κ2) is 7.92. The highest BCUT2D eigenvalue weighted by Gasteiger charge is 2.45. The third-order valence-electron chi connectivity index (χ3n) is 8.58. The first-order chi connectivity index (χ1) is 16.7. The third kappa shape index (κ3) is 3.15. The molecular formula is C28H31N5S. The molecule has 1 aliphatic heterocycles. The highest BCUT2D eigenvalue weighted by molar-refractivity contribution is 7.19. The largest absolute Gasteiger partial charge is 0.345 e. The number of benzene rings is 1. The lowest BCUT2D eigenvalue weighted by Crippen LogP contribution is -2.18. The van der Waals surface area contributed by atoms with Crippen molar-refractivity contribution in [3.63, 3.8) is 0 Å². The molecule has 6 heteroatoms. The quantitative estimate of drug-likeness (QED) is 0.349. The molecule has 7 rings (SSSR count). The Labute approximate surface area is 204 Å². The van der Waals surface area contributed by atoms with Crippen LogP contribution in [0.4, 0.5) is 0 Å². The summed E-state index contributed by atoms with van der Waals surface area (Å²) in [6.07, 6.45) is 16.1. The van der Waals surface area contributed by atoms with Gasteiger partial charge < -0.3 is 9.97 Å². The minimum atomic E-state index is 0.385. The van der Waals surface area contributed by atoms with Crippen molar-refractivity contribution in [1.29, 1.82) is 0 Å². The Bertz CT molecular complexity index is 1310. The van der Waals surface area contributed by atoms with Crippen molar-refractivity contribution in [1.82, 2.24) is 24.8 Å². The lowest BCUT2D eigenvalue weighted by atomic mass is 9.79. The molecule has 1 spiro atoms. The molecule has 0 radical (unpaired) electrons. The van der Waals surface area contributed by atoms with E-state index in [-0.39, 0.29) is 0 Å². The monoisotopic (exact) mass is 469 g/mol. The fraction of sp³-hybridized carbons (Fsp3) is 0.429. The maximum Gasteiger partial charge on any atom is 0.123 e. The van der Waals surface area contributed by atoms with Crippen LogP contribution < -0.4 is 0 Å². The van der Waals surface area contributed by atoms with Crippen LogP contribution in [0.5, 0.6) is 0 Å². The molecule has 174 valence electrons. The lowest BCUT2D eigenvalue weighted by molar-refractivity contribution is 0.307. The van der Waals surface area contributed by atoms with Crippen molar-refractivity contribution in [3.8, 4) is 32.3 Å². The minimum Gasteiger partial charge on any atom is -0.345 e. The smallest absolute Gasteiger partial charge is 0.123 e. The number of H-pyrrole nitrogens is 2. The van der Waals surface area contributed by atoms with Gasteiger partial charge in [0.2, 0.25) is 0 Å². The number of likely N-dealkylation sites (tertiary alicyclic amines) is 1. The Morgan fingerprint density at radius 2 is 1.79 bits per heavy atom. The van der Waals surface area contributed by atoms with Crippen molar-refractivity contribution in [2.45, 2.75) is 62.8 Å². The van der Waals surface area contributed by atoms with Gasteiger partial charge in [-0.1, -0.05) is 37.1 Å². The van der Waals surface area contributed by atoms with Gasteiger partial charge >= 0.3 is 0 Å². The number of nitrogens with zero attached hydrogens (tertiary/aromatic N) is 3. The molecule has 2 N–H and O–H groups in total. The Balaban J connectivity index is 1.32. The lowest BCUT2D eigenvalue weighted by Gasteiger charge is -2.25. The van der Waals surface area contributed by atoms with Crippen LogP contribution in [0.2, 0.25) is 0 Å². The number of hydrogen-bond donors (Lipinski definition) is 2. The van der Waals surface area contributed by atoms with Crippen LogP contribution in [0.3, 0.4) is 0 Å². The molecule has 1 aromatic carbocycles. The predicted molar refractivity (Wildman–Crippen MR) is 138 cm³/mol. The first kappa shape index (κ1) is 20.7. The summed E-state index contributed by atoms with van der Waals surface area (Å²) in [4.78, 5) is 21.4. The van der Waals surface area contributed by atoms with E-state index < -0.39 is 0 Å². The molecule has 3 aromatic heterocycles. The van der Waals surface area contributed by atoms with E-state index in [1.807, 2.05) is 17.5 Å². The highest BCUT2D eigenvalue weighted by atomic mass is 32.1. The summed E-state index contributed by atoms with van der Waals surface area (Å²) in [7, 11) is 2.22. The minimum absolute atomic E-state index is 0.385. The molecule has 0 amide bonds. The van der Waals surface area contributed by atoms with E-state index in [1.165, 1.54) is 77.9 Å². The van der Waals surface area contributed by atoms with Crippen LogP contribution >= 0.6 is 11.3 Å². The summed E-state index contributed by atoms with van der Waals surface area (Å²) in [6.45, 7) is 1.16. The fourth-order valence-electron chi connectivity index (χ4n) is 6.82. The average Bonchev–Trinajstić information content (AvgIpc) is 3.68. The molecule has 1 atom stereocenters. The Kier molecular flexibility index (Phi) is 4.81. The van der Waals surface area contributed by atoms with Crippen LogP contribution in [0.25, 0.3) is 32.3 Å². The first-order valence-electron chi connectivity index (χ1n) is 12.7. The van der Waals surface area contributed by atoms with E-state index >= 15 is 0 Å². The average molecular weight is 470 g/mol. The zero-order chi connectivity index (χ0) is 22.7. The van der Waals surface area contributed by atoms with Crippen LogP contribution in [0.1, 0.15) is 67.9 Å². The molecule has 2 fully saturated rings. The predicted octanol–water partition coefficient (Wildman–Crippen LogP) is 6.72. The normalized spacial score (nSPS) is 21.6. The highest BCUT2D eigenvalue weighted by Crippen LogP contribution is 2.58. The standard InChI is InChI=1S/C28H31N5S/c1-33-14-4-5-23(33)27-30-16-22(32-27)26-20-10-13-28(11-2-3-12-28)24(20)25(34-26)19-8-6-18(7-9-19)21-15-29-17-31-21/h6-9,15-17,23H,2-5,10-14H2,1H3,(H,29,31)(H,30,32). The van der Waals surface area contributed by atoms with Gasteiger partial charge in [0.15, 0.2) is 0 Å². The molecule has 1 saturated carbocycles. The molecular weight excluding hydrogens is 438 g/mol. The summed E-state index contributed by atoms with van der Waals surface area (Å²) >= 11 is 1.98. The maximum absolute atomic E-state index is 4.86. The van der Waals surface area contributed by atoms with Gasteiger partial charge in [-0.25, -0.2) is 9.97 Å². The number of fused-ring (bicyclic) bond motifs is 2. The zero-order valence-electron chi connectivity index (χ0n) is 19.7.